The lowest BCUT2D eigenvalue weighted by atomic mass is 10.0. The molecule has 0 amide bonds. The Kier molecular flexibility index (Phi) is 5.37. The van der Waals surface area contributed by atoms with Crippen molar-refractivity contribution in [1.82, 2.24) is 0 Å². The molecule has 2 rings (SSSR count). The van der Waals surface area contributed by atoms with Crippen LogP contribution < -0.4 is 10.6 Å². The molecule has 0 aliphatic rings. The van der Waals surface area contributed by atoms with Crippen LogP contribution in [0.15, 0.2) is 48.5 Å². The van der Waals surface area contributed by atoms with Crippen LogP contribution in [0.25, 0.3) is 0 Å². The van der Waals surface area contributed by atoms with Gasteiger partial charge in [-0.15, -0.1) is 0 Å². The topological polar surface area (TPSA) is 38.5 Å². The van der Waals surface area contributed by atoms with Crippen molar-refractivity contribution in [2.75, 3.05) is 25.6 Å². The SMILES string of the molecule is COCc1cccc(C(CN)N(C)c2ccc(C)cc2)c1. The van der Waals surface area contributed by atoms with Gasteiger partial charge in [-0.25, -0.2) is 0 Å². The van der Waals surface area contributed by atoms with Crippen LogP contribution in [0.4, 0.5) is 5.69 Å². The first-order chi connectivity index (χ1) is 10.2. The molecular formula is C18H24N2O. The van der Waals surface area contributed by atoms with E-state index in [9.17, 15) is 0 Å². The van der Waals surface area contributed by atoms with Crippen molar-refractivity contribution in [1.29, 1.82) is 0 Å². The molecule has 0 aliphatic carbocycles. The molecule has 2 aromatic rings. The fraction of sp³-hybridized carbons (Fsp3) is 0.333. The molecule has 1 atom stereocenters. The summed E-state index contributed by atoms with van der Waals surface area (Å²) in [5.74, 6) is 0. The van der Waals surface area contributed by atoms with Crippen LogP contribution in [0.1, 0.15) is 22.7 Å². The largest absolute Gasteiger partial charge is 0.380 e. The van der Waals surface area contributed by atoms with E-state index in [1.807, 2.05) is 0 Å². The summed E-state index contributed by atoms with van der Waals surface area (Å²) in [6, 6.07) is 17.1. The maximum Gasteiger partial charge on any atom is 0.0713 e. The third kappa shape index (κ3) is 3.84. The summed E-state index contributed by atoms with van der Waals surface area (Å²) in [5, 5.41) is 0. The van der Waals surface area contributed by atoms with E-state index in [1.54, 1.807) is 7.11 Å². The van der Waals surface area contributed by atoms with Crippen LogP contribution in [-0.2, 0) is 11.3 Å². The van der Waals surface area contributed by atoms with Gasteiger partial charge in [0.2, 0.25) is 0 Å². The summed E-state index contributed by atoms with van der Waals surface area (Å²) in [5.41, 5.74) is 10.9. The number of nitrogens with zero attached hydrogens (tertiary/aromatic N) is 1. The van der Waals surface area contributed by atoms with Crippen LogP contribution in [0.5, 0.6) is 0 Å². The highest BCUT2D eigenvalue weighted by Gasteiger charge is 2.16. The Hall–Kier alpha value is -1.84. The van der Waals surface area contributed by atoms with Gasteiger partial charge in [0.15, 0.2) is 0 Å². The number of anilines is 1. The zero-order chi connectivity index (χ0) is 15.2. The van der Waals surface area contributed by atoms with E-state index in [4.69, 9.17) is 10.5 Å². The van der Waals surface area contributed by atoms with Gasteiger partial charge in [0.25, 0.3) is 0 Å². The predicted molar refractivity (Wildman–Crippen MR) is 88.5 cm³/mol. The Labute approximate surface area is 127 Å². The monoisotopic (exact) mass is 284 g/mol. The maximum atomic E-state index is 6.02. The second kappa shape index (κ2) is 7.25. The molecular weight excluding hydrogens is 260 g/mol. The van der Waals surface area contributed by atoms with Gasteiger partial charge in [-0.05, 0) is 30.2 Å². The second-order valence-corrected chi connectivity index (χ2v) is 5.38. The number of aryl methyl sites for hydroxylation is 1. The zero-order valence-corrected chi connectivity index (χ0v) is 13.0. The first-order valence-electron chi connectivity index (χ1n) is 7.23. The number of methoxy groups -OCH3 is 1. The summed E-state index contributed by atoms with van der Waals surface area (Å²) < 4.78 is 5.21. The summed E-state index contributed by atoms with van der Waals surface area (Å²) in [4.78, 5) is 2.23. The van der Waals surface area contributed by atoms with Gasteiger partial charge in [-0.2, -0.15) is 0 Å². The Bertz CT molecular complexity index is 566. The molecule has 0 fully saturated rings. The zero-order valence-electron chi connectivity index (χ0n) is 13.0. The van der Waals surface area contributed by atoms with Crippen LogP contribution in [0.2, 0.25) is 0 Å². The van der Waals surface area contributed by atoms with E-state index in [0.717, 1.165) is 0 Å². The number of rotatable bonds is 6. The molecule has 0 heterocycles. The van der Waals surface area contributed by atoms with Crippen molar-refractivity contribution in [3.63, 3.8) is 0 Å². The van der Waals surface area contributed by atoms with Crippen molar-refractivity contribution < 1.29 is 4.74 Å². The predicted octanol–water partition coefficient (Wildman–Crippen LogP) is 3.28. The number of hydrogen-bond donors (Lipinski definition) is 1. The summed E-state index contributed by atoms with van der Waals surface area (Å²) in [6.07, 6.45) is 0. The number of likely N-dealkylation sites (N-methyl/N-ethyl adjacent to an activating group) is 1. The van der Waals surface area contributed by atoms with Crippen molar-refractivity contribution in [3.05, 3.63) is 65.2 Å². The molecule has 1 unspecified atom stereocenters. The lowest BCUT2D eigenvalue weighted by molar-refractivity contribution is 0.185. The molecule has 0 radical (unpaired) electrons. The average Bonchev–Trinajstić information content (AvgIpc) is 2.49. The second-order valence-electron chi connectivity index (χ2n) is 5.38. The normalized spacial score (nSPS) is 12.2. The standard InChI is InChI=1S/C18H24N2O/c1-14-7-9-17(10-8-14)20(2)18(12-19)16-6-4-5-15(11-16)13-21-3/h4-11,18H,12-13,19H2,1-3H3. The molecule has 0 aromatic heterocycles. The Morgan fingerprint density at radius 3 is 2.48 bits per heavy atom. The minimum atomic E-state index is 0.157. The van der Waals surface area contributed by atoms with E-state index in [-0.39, 0.29) is 6.04 Å². The smallest absolute Gasteiger partial charge is 0.0713 e. The lowest BCUT2D eigenvalue weighted by Crippen LogP contribution is -2.30. The van der Waals surface area contributed by atoms with E-state index in [0.29, 0.717) is 13.2 Å². The Morgan fingerprint density at radius 1 is 1.14 bits per heavy atom. The van der Waals surface area contributed by atoms with Gasteiger partial charge in [-0.3, -0.25) is 0 Å². The Balaban J connectivity index is 2.25. The van der Waals surface area contributed by atoms with Crippen LogP contribution in [-0.4, -0.2) is 20.7 Å². The first-order valence-corrected chi connectivity index (χ1v) is 7.23. The molecule has 0 aliphatic heterocycles. The number of benzene rings is 2. The summed E-state index contributed by atoms with van der Waals surface area (Å²) >= 11 is 0. The van der Waals surface area contributed by atoms with Gasteiger partial charge in [-0.1, -0.05) is 42.0 Å². The highest BCUT2D eigenvalue weighted by Crippen LogP contribution is 2.25. The molecule has 3 nitrogen and oxygen atoms in total. The third-order valence-electron chi connectivity index (χ3n) is 3.78. The molecule has 21 heavy (non-hydrogen) atoms. The minimum Gasteiger partial charge on any atom is -0.380 e. The van der Waals surface area contributed by atoms with Crippen LogP contribution in [0, 0.1) is 6.92 Å². The minimum absolute atomic E-state index is 0.157. The highest BCUT2D eigenvalue weighted by atomic mass is 16.5. The fourth-order valence-electron chi connectivity index (χ4n) is 2.53. The van der Waals surface area contributed by atoms with Crippen molar-refractivity contribution in [3.8, 4) is 0 Å². The molecule has 2 aromatic carbocycles. The third-order valence-corrected chi connectivity index (χ3v) is 3.78. The summed E-state index contributed by atoms with van der Waals surface area (Å²) in [7, 11) is 3.80. The van der Waals surface area contributed by atoms with Gasteiger partial charge in [0.05, 0.1) is 12.6 Å². The van der Waals surface area contributed by atoms with Crippen LogP contribution in [0.3, 0.4) is 0 Å². The summed E-state index contributed by atoms with van der Waals surface area (Å²) in [6.45, 7) is 3.29. The van der Waals surface area contributed by atoms with Gasteiger partial charge in [0.1, 0.15) is 0 Å². The quantitative estimate of drug-likeness (QED) is 0.884. The van der Waals surface area contributed by atoms with Crippen molar-refractivity contribution in [2.45, 2.75) is 19.6 Å². The lowest BCUT2D eigenvalue weighted by Gasteiger charge is -2.30. The van der Waals surface area contributed by atoms with E-state index in [1.165, 1.54) is 22.4 Å². The Morgan fingerprint density at radius 2 is 1.86 bits per heavy atom. The molecule has 0 spiro atoms. The molecule has 2 N–H and O–H groups in total. The molecule has 0 saturated carbocycles. The van der Waals surface area contributed by atoms with E-state index in [2.05, 4.69) is 67.4 Å². The fourth-order valence-corrected chi connectivity index (χ4v) is 2.53. The van der Waals surface area contributed by atoms with Gasteiger partial charge >= 0.3 is 0 Å². The number of ether oxygens (including phenoxy) is 1. The van der Waals surface area contributed by atoms with Gasteiger partial charge in [0, 0.05) is 26.4 Å². The van der Waals surface area contributed by atoms with E-state index < -0.39 is 0 Å². The molecule has 3 heteroatoms. The van der Waals surface area contributed by atoms with Crippen molar-refractivity contribution in [2.24, 2.45) is 5.73 Å². The maximum absolute atomic E-state index is 6.02. The molecule has 0 saturated heterocycles. The molecule has 0 bridgehead atoms. The number of hydrogen-bond acceptors (Lipinski definition) is 3. The van der Waals surface area contributed by atoms with Gasteiger partial charge < -0.3 is 15.4 Å². The van der Waals surface area contributed by atoms with Crippen molar-refractivity contribution >= 4 is 5.69 Å². The molecule has 112 valence electrons. The van der Waals surface area contributed by atoms with Crippen LogP contribution >= 0.6 is 0 Å². The first kappa shape index (κ1) is 15.5. The average molecular weight is 284 g/mol. The van der Waals surface area contributed by atoms with E-state index >= 15 is 0 Å². The highest BCUT2D eigenvalue weighted by molar-refractivity contribution is 5.49. The number of nitrogens with two attached hydrogens (primary N) is 1.